The molecule has 0 heterocycles. The number of hydrogen-bond acceptors (Lipinski definition) is 2. The van der Waals surface area contributed by atoms with Crippen molar-refractivity contribution in [3.63, 3.8) is 0 Å². The van der Waals surface area contributed by atoms with Gasteiger partial charge in [0.25, 0.3) is 0 Å². The van der Waals surface area contributed by atoms with E-state index in [-0.39, 0.29) is 5.41 Å². The van der Waals surface area contributed by atoms with Gasteiger partial charge < -0.3 is 5.73 Å². The van der Waals surface area contributed by atoms with Crippen LogP contribution in [0.2, 0.25) is 0 Å². The maximum absolute atomic E-state index is 11.3. The van der Waals surface area contributed by atoms with Crippen LogP contribution >= 0.6 is 0 Å². The van der Waals surface area contributed by atoms with Crippen LogP contribution in [0.5, 0.6) is 0 Å². The van der Waals surface area contributed by atoms with Crippen LogP contribution in [0, 0.1) is 0 Å². The van der Waals surface area contributed by atoms with E-state index in [1.165, 1.54) is 5.56 Å². The quantitative estimate of drug-likeness (QED) is 0.724. The summed E-state index contributed by atoms with van der Waals surface area (Å²) in [6, 6.07) is 5.76. The zero-order valence-electron chi connectivity index (χ0n) is 9.13. The van der Waals surface area contributed by atoms with E-state index >= 15 is 0 Å². The van der Waals surface area contributed by atoms with Gasteiger partial charge in [0.1, 0.15) is 0 Å². The third-order valence-corrected chi connectivity index (χ3v) is 3.18. The van der Waals surface area contributed by atoms with E-state index in [0.29, 0.717) is 5.69 Å². The lowest BCUT2D eigenvalue weighted by Crippen LogP contribution is -2.12. The van der Waals surface area contributed by atoms with Gasteiger partial charge in [-0.3, -0.25) is 4.21 Å². The molecule has 0 saturated heterocycles. The minimum atomic E-state index is -1.00. The second kappa shape index (κ2) is 3.73. The van der Waals surface area contributed by atoms with Crippen molar-refractivity contribution in [1.82, 2.24) is 0 Å². The smallest absolute Gasteiger partial charge is 0.0614 e. The van der Waals surface area contributed by atoms with Gasteiger partial charge in [0.15, 0.2) is 0 Å². The Kier molecular flexibility index (Phi) is 3.00. The van der Waals surface area contributed by atoms with E-state index in [1.54, 1.807) is 6.26 Å². The number of nitrogens with two attached hydrogens (primary N) is 1. The number of hydrogen-bond donors (Lipinski definition) is 1. The first-order valence-electron chi connectivity index (χ1n) is 4.56. The first-order chi connectivity index (χ1) is 6.32. The lowest BCUT2D eigenvalue weighted by atomic mass is 9.87. The average Bonchev–Trinajstić information content (AvgIpc) is 2.01. The van der Waals surface area contributed by atoms with Crippen LogP contribution in [-0.2, 0) is 16.2 Å². The van der Waals surface area contributed by atoms with Crippen molar-refractivity contribution in [2.75, 3.05) is 12.0 Å². The van der Waals surface area contributed by atoms with Crippen molar-refractivity contribution >= 4 is 16.5 Å². The molecule has 1 rings (SSSR count). The molecule has 2 nitrogen and oxygen atoms in total. The summed E-state index contributed by atoms with van der Waals surface area (Å²) in [5.74, 6) is 0. The summed E-state index contributed by atoms with van der Waals surface area (Å²) in [6.45, 7) is 6.39. The predicted molar refractivity (Wildman–Crippen MR) is 61.9 cm³/mol. The van der Waals surface area contributed by atoms with Crippen LogP contribution in [0.1, 0.15) is 26.3 Å². The summed E-state index contributed by atoms with van der Waals surface area (Å²) in [7, 11) is -1.00. The first-order valence-corrected chi connectivity index (χ1v) is 6.11. The van der Waals surface area contributed by atoms with Crippen LogP contribution < -0.4 is 5.73 Å². The lowest BCUT2D eigenvalue weighted by molar-refractivity contribution is 0.590. The average molecular weight is 211 g/mol. The third kappa shape index (κ3) is 2.35. The summed E-state index contributed by atoms with van der Waals surface area (Å²) >= 11 is 0. The molecule has 78 valence electrons. The Morgan fingerprint density at radius 2 is 1.86 bits per heavy atom. The highest BCUT2D eigenvalue weighted by atomic mass is 32.2. The molecule has 1 aromatic carbocycles. The number of benzene rings is 1. The molecule has 0 radical (unpaired) electrons. The van der Waals surface area contributed by atoms with E-state index in [2.05, 4.69) is 20.8 Å². The molecule has 0 aromatic heterocycles. The molecule has 3 heteroatoms. The molecule has 0 bridgehead atoms. The SMILES string of the molecule is C[S@@](=O)c1ccc(C(C)(C)C)cc1N. The Morgan fingerprint density at radius 3 is 2.21 bits per heavy atom. The number of nitrogen functional groups attached to an aromatic ring is 1. The molecule has 0 unspecified atom stereocenters. The first kappa shape index (κ1) is 11.2. The van der Waals surface area contributed by atoms with Gasteiger partial charge in [0.05, 0.1) is 15.7 Å². The van der Waals surface area contributed by atoms with Gasteiger partial charge in [-0.25, -0.2) is 0 Å². The maximum Gasteiger partial charge on any atom is 0.0614 e. The van der Waals surface area contributed by atoms with Crippen LogP contribution in [0.4, 0.5) is 5.69 Å². The van der Waals surface area contributed by atoms with Crippen molar-refractivity contribution < 1.29 is 4.21 Å². The number of rotatable bonds is 1. The van der Waals surface area contributed by atoms with Gasteiger partial charge in [0, 0.05) is 11.9 Å². The minimum Gasteiger partial charge on any atom is -0.398 e. The van der Waals surface area contributed by atoms with E-state index in [4.69, 9.17) is 5.73 Å². The highest BCUT2D eigenvalue weighted by Gasteiger charge is 2.15. The lowest BCUT2D eigenvalue weighted by Gasteiger charge is -2.19. The van der Waals surface area contributed by atoms with Gasteiger partial charge in [-0.1, -0.05) is 26.8 Å². The normalized spacial score (nSPS) is 14.0. The highest BCUT2D eigenvalue weighted by Crippen LogP contribution is 2.26. The molecule has 0 amide bonds. The van der Waals surface area contributed by atoms with Gasteiger partial charge in [0.2, 0.25) is 0 Å². The molecule has 1 aromatic rings. The monoisotopic (exact) mass is 211 g/mol. The maximum atomic E-state index is 11.3. The molecule has 0 aliphatic heterocycles. The van der Waals surface area contributed by atoms with E-state index in [9.17, 15) is 4.21 Å². The molecule has 0 saturated carbocycles. The second-order valence-corrected chi connectivity index (χ2v) is 5.80. The molecule has 0 spiro atoms. The molecule has 0 aliphatic carbocycles. The number of anilines is 1. The molecule has 0 aliphatic rings. The van der Waals surface area contributed by atoms with Crippen molar-refractivity contribution in [3.05, 3.63) is 23.8 Å². The van der Waals surface area contributed by atoms with Gasteiger partial charge in [-0.2, -0.15) is 0 Å². The predicted octanol–water partition coefficient (Wildman–Crippen LogP) is 2.30. The van der Waals surface area contributed by atoms with Crippen molar-refractivity contribution in [2.24, 2.45) is 0 Å². The molecular formula is C11H17NOS. The Morgan fingerprint density at radius 1 is 1.29 bits per heavy atom. The molecule has 2 N–H and O–H groups in total. The Bertz CT molecular complexity index is 366. The summed E-state index contributed by atoms with van der Waals surface area (Å²) in [5.41, 5.74) is 7.71. The fraction of sp³-hybridized carbons (Fsp3) is 0.455. The topological polar surface area (TPSA) is 43.1 Å². The standard InChI is InChI=1S/C11H17NOS/c1-11(2,3)8-5-6-10(14(4)13)9(12)7-8/h5-7H,12H2,1-4H3/t14-/m1/s1. The van der Waals surface area contributed by atoms with Gasteiger partial charge in [-0.15, -0.1) is 0 Å². The van der Waals surface area contributed by atoms with Gasteiger partial charge >= 0.3 is 0 Å². The van der Waals surface area contributed by atoms with Crippen LogP contribution in [0.25, 0.3) is 0 Å². The Hall–Kier alpha value is -0.830. The second-order valence-electron chi connectivity index (χ2n) is 4.46. The fourth-order valence-corrected chi connectivity index (χ4v) is 1.93. The van der Waals surface area contributed by atoms with Crippen molar-refractivity contribution in [3.8, 4) is 0 Å². The van der Waals surface area contributed by atoms with Crippen LogP contribution in [-0.4, -0.2) is 10.5 Å². The zero-order valence-corrected chi connectivity index (χ0v) is 9.94. The van der Waals surface area contributed by atoms with Crippen molar-refractivity contribution in [1.29, 1.82) is 0 Å². The fourth-order valence-electron chi connectivity index (χ4n) is 1.28. The Labute approximate surface area is 88.0 Å². The summed E-state index contributed by atoms with van der Waals surface area (Å²) < 4.78 is 11.3. The minimum absolute atomic E-state index is 0.0852. The summed E-state index contributed by atoms with van der Waals surface area (Å²) in [6.07, 6.45) is 1.64. The zero-order chi connectivity index (χ0) is 10.9. The Balaban J connectivity index is 3.20. The molecule has 14 heavy (non-hydrogen) atoms. The van der Waals surface area contributed by atoms with E-state index in [1.807, 2.05) is 18.2 Å². The van der Waals surface area contributed by atoms with Crippen LogP contribution in [0.3, 0.4) is 0 Å². The van der Waals surface area contributed by atoms with E-state index in [0.717, 1.165) is 4.90 Å². The van der Waals surface area contributed by atoms with Gasteiger partial charge in [-0.05, 0) is 23.1 Å². The summed E-state index contributed by atoms with van der Waals surface area (Å²) in [4.78, 5) is 0.720. The molecule has 1 atom stereocenters. The largest absolute Gasteiger partial charge is 0.398 e. The van der Waals surface area contributed by atoms with E-state index < -0.39 is 10.8 Å². The molecule has 0 fully saturated rings. The highest BCUT2D eigenvalue weighted by molar-refractivity contribution is 7.84. The summed E-state index contributed by atoms with van der Waals surface area (Å²) in [5, 5.41) is 0. The van der Waals surface area contributed by atoms with Crippen molar-refractivity contribution in [2.45, 2.75) is 31.1 Å². The van der Waals surface area contributed by atoms with Crippen LogP contribution in [0.15, 0.2) is 23.1 Å². The third-order valence-electron chi connectivity index (χ3n) is 2.19. The molecular weight excluding hydrogens is 194 g/mol.